The number of hydrogen-bond donors (Lipinski definition) is 1. The molecule has 94 valence electrons. The Hall–Kier alpha value is -1.06. The lowest BCUT2D eigenvalue weighted by molar-refractivity contribution is 0.0676. The van der Waals surface area contributed by atoms with Crippen molar-refractivity contribution < 1.29 is 4.74 Å². The molecule has 0 radical (unpaired) electrons. The van der Waals surface area contributed by atoms with E-state index in [0.717, 1.165) is 32.5 Å². The van der Waals surface area contributed by atoms with Crippen molar-refractivity contribution in [3.63, 3.8) is 0 Å². The molecule has 17 heavy (non-hydrogen) atoms. The van der Waals surface area contributed by atoms with Gasteiger partial charge in [0.15, 0.2) is 0 Å². The Morgan fingerprint density at radius 3 is 2.82 bits per heavy atom. The summed E-state index contributed by atoms with van der Waals surface area (Å²) < 4.78 is 5.80. The Kier molecular flexibility index (Phi) is 4.40. The molecule has 0 bridgehead atoms. The molecule has 1 aliphatic rings. The summed E-state index contributed by atoms with van der Waals surface area (Å²) in [6.07, 6.45) is 2.46. The van der Waals surface area contributed by atoms with Crippen molar-refractivity contribution in [1.82, 2.24) is 0 Å². The van der Waals surface area contributed by atoms with E-state index < -0.39 is 0 Å². The van der Waals surface area contributed by atoms with Crippen LogP contribution in [0, 0.1) is 6.92 Å². The van der Waals surface area contributed by atoms with E-state index in [1.165, 1.54) is 11.3 Å². The summed E-state index contributed by atoms with van der Waals surface area (Å²) in [6, 6.07) is 8.71. The molecule has 1 heterocycles. The van der Waals surface area contributed by atoms with Gasteiger partial charge in [-0.1, -0.05) is 17.7 Å². The Morgan fingerprint density at radius 2 is 2.12 bits per heavy atom. The summed E-state index contributed by atoms with van der Waals surface area (Å²) in [5.74, 6) is 0. The molecule has 0 unspecified atom stereocenters. The topological polar surface area (TPSA) is 38.5 Å². The minimum absolute atomic E-state index is 0.378. The van der Waals surface area contributed by atoms with Gasteiger partial charge in [0, 0.05) is 25.4 Å². The van der Waals surface area contributed by atoms with Gasteiger partial charge in [0.2, 0.25) is 0 Å². The van der Waals surface area contributed by atoms with Crippen LogP contribution >= 0.6 is 0 Å². The minimum atomic E-state index is 0.378. The van der Waals surface area contributed by atoms with Crippen molar-refractivity contribution in [1.29, 1.82) is 0 Å². The highest BCUT2D eigenvalue weighted by Gasteiger charge is 2.22. The molecule has 0 amide bonds. The maximum absolute atomic E-state index is 5.80. The van der Waals surface area contributed by atoms with Crippen LogP contribution in [0.3, 0.4) is 0 Å². The lowest BCUT2D eigenvalue weighted by Gasteiger charge is -2.18. The standard InChI is InChI=1S/C14H22N2O/c1-12-3-5-13(6-4-12)16-9-7-14(11-16)17-10-2-8-15/h3-6,14H,2,7-11,15H2,1H3/t14-/m0/s1. The van der Waals surface area contributed by atoms with Crippen molar-refractivity contribution in [3.8, 4) is 0 Å². The minimum Gasteiger partial charge on any atom is -0.376 e. The number of rotatable bonds is 5. The van der Waals surface area contributed by atoms with Gasteiger partial charge < -0.3 is 15.4 Å². The molecule has 1 fully saturated rings. The van der Waals surface area contributed by atoms with E-state index in [4.69, 9.17) is 10.5 Å². The Morgan fingerprint density at radius 1 is 1.35 bits per heavy atom. The first-order valence-electron chi connectivity index (χ1n) is 6.43. The summed E-state index contributed by atoms with van der Waals surface area (Å²) in [6.45, 7) is 5.73. The molecule has 3 heteroatoms. The fraction of sp³-hybridized carbons (Fsp3) is 0.571. The molecular formula is C14H22N2O. The molecule has 1 aromatic carbocycles. The van der Waals surface area contributed by atoms with E-state index in [1.54, 1.807) is 0 Å². The number of nitrogens with two attached hydrogens (primary N) is 1. The number of aryl methyl sites for hydroxylation is 1. The van der Waals surface area contributed by atoms with Crippen LogP contribution in [0.25, 0.3) is 0 Å². The van der Waals surface area contributed by atoms with Gasteiger partial charge >= 0.3 is 0 Å². The summed E-state index contributed by atoms with van der Waals surface area (Å²) in [4.78, 5) is 2.40. The summed E-state index contributed by atoms with van der Waals surface area (Å²) in [5.41, 5.74) is 8.07. The first-order valence-corrected chi connectivity index (χ1v) is 6.43. The second-order valence-corrected chi connectivity index (χ2v) is 4.71. The zero-order chi connectivity index (χ0) is 12.1. The molecule has 0 aromatic heterocycles. The lowest BCUT2D eigenvalue weighted by Crippen LogP contribution is -2.23. The highest BCUT2D eigenvalue weighted by atomic mass is 16.5. The molecule has 1 atom stereocenters. The van der Waals surface area contributed by atoms with Crippen LogP contribution in [0.4, 0.5) is 5.69 Å². The van der Waals surface area contributed by atoms with E-state index in [0.29, 0.717) is 12.6 Å². The van der Waals surface area contributed by atoms with Crippen LogP contribution < -0.4 is 10.6 Å². The predicted molar refractivity (Wildman–Crippen MR) is 71.4 cm³/mol. The van der Waals surface area contributed by atoms with E-state index in [2.05, 4.69) is 36.1 Å². The number of benzene rings is 1. The Balaban J connectivity index is 1.83. The van der Waals surface area contributed by atoms with Gasteiger partial charge in [0.1, 0.15) is 0 Å². The third kappa shape index (κ3) is 3.45. The summed E-state index contributed by atoms with van der Waals surface area (Å²) >= 11 is 0. The number of nitrogens with zero attached hydrogens (tertiary/aromatic N) is 1. The maximum Gasteiger partial charge on any atom is 0.0766 e. The van der Waals surface area contributed by atoms with E-state index in [-0.39, 0.29) is 0 Å². The summed E-state index contributed by atoms with van der Waals surface area (Å²) in [5, 5.41) is 0. The van der Waals surface area contributed by atoms with Gasteiger partial charge in [-0.05, 0) is 38.4 Å². The number of ether oxygens (including phenoxy) is 1. The first kappa shape index (κ1) is 12.4. The Bertz CT molecular complexity index is 337. The average molecular weight is 234 g/mol. The molecule has 1 saturated heterocycles. The molecular weight excluding hydrogens is 212 g/mol. The highest BCUT2D eigenvalue weighted by molar-refractivity contribution is 5.48. The first-order chi connectivity index (χ1) is 8.29. The Labute approximate surface area is 104 Å². The SMILES string of the molecule is Cc1ccc(N2CC[C@H](OCCCN)C2)cc1. The second kappa shape index (κ2) is 6.03. The van der Waals surface area contributed by atoms with Crippen LogP contribution in [0.15, 0.2) is 24.3 Å². The number of anilines is 1. The van der Waals surface area contributed by atoms with E-state index in [9.17, 15) is 0 Å². The van der Waals surface area contributed by atoms with Crippen molar-refractivity contribution >= 4 is 5.69 Å². The smallest absolute Gasteiger partial charge is 0.0766 e. The third-order valence-corrected chi connectivity index (χ3v) is 3.25. The van der Waals surface area contributed by atoms with Gasteiger partial charge in [-0.2, -0.15) is 0 Å². The molecule has 0 aliphatic carbocycles. The normalized spacial score (nSPS) is 19.9. The maximum atomic E-state index is 5.80. The quantitative estimate of drug-likeness (QED) is 0.791. The predicted octanol–water partition coefficient (Wildman–Crippen LogP) is 1.94. The van der Waals surface area contributed by atoms with Crippen molar-refractivity contribution in [2.24, 2.45) is 5.73 Å². The lowest BCUT2D eigenvalue weighted by atomic mass is 10.2. The highest BCUT2D eigenvalue weighted by Crippen LogP contribution is 2.22. The third-order valence-electron chi connectivity index (χ3n) is 3.25. The fourth-order valence-corrected chi connectivity index (χ4v) is 2.19. The van der Waals surface area contributed by atoms with Gasteiger partial charge in [-0.3, -0.25) is 0 Å². The molecule has 0 saturated carbocycles. The van der Waals surface area contributed by atoms with Gasteiger partial charge in [-0.25, -0.2) is 0 Å². The van der Waals surface area contributed by atoms with Crippen molar-refractivity contribution in [3.05, 3.63) is 29.8 Å². The van der Waals surface area contributed by atoms with Crippen LogP contribution in [0.1, 0.15) is 18.4 Å². The number of hydrogen-bond acceptors (Lipinski definition) is 3. The molecule has 2 rings (SSSR count). The fourth-order valence-electron chi connectivity index (χ4n) is 2.19. The van der Waals surface area contributed by atoms with Crippen molar-refractivity contribution in [2.45, 2.75) is 25.9 Å². The summed E-state index contributed by atoms with van der Waals surface area (Å²) in [7, 11) is 0. The second-order valence-electron chi connectivity index (χ2n) is 4.71. The molecule has 2 N–H and O–H groups in total. The van der Waals surface area contributed by atoms with Gasteiger partial charge in [0.05, 0.1) is 6.10 Å². The zero-order valence-electron chi connectivity index (χ0n) is 10.6. The van der Waals surface area contributed by atoms with E-state index >= 15 is 0 Å². The molecule has 3 nitrogen and oxygen atoms in total. The molecule has 1 aromatic rings. The van der Waals surface area contributed by atoms with Gasteiger partial charge in [-0.15, -0.1) is 0 Å². The molecule has 0 spiro atoms. The average Bonchev–Trinajstić information content (AvgIpc) is 2.79. The van der Waals surface area contributed by atoms with Crippen molar-refractivity contribution in [2.75, 3.05) is 31.1 Å². The van der Waals surface area contributed by atoms with Crippen LogP contribution in [-0.2, 0) is 4.74 Å². The van der Waals surface area contributed by atoms with Crippen LogP contribution in [0.2, 0.25) is 0 Å². The van der Waals surface area contributed by atoms with Crippen LogP contribution in [-0.4, -0.2) is 32.3 Å². The van der Waals surface area contributed by atoms with Gasteiger partial charge in [0.25, 0.3) is 0 Å². The van der Waals surface area contributed by atoms with E-state index in [1.807, 2.05) is 0 Å². The largest absolute Gasteiger partial charge is 0.376 e. The van der Waals surface area contributed by atoms with Crippen LogP contribution in [0.5, 0.6) is 0 Å². The molecule has 1 aliphatic heterocycles. The monoisotopic (exact) mass is 234 g/mol. The zero-order valence-corrected chi connectivity index (χ0v) is 10.6.